The van der Waals surface area contributed by atoms with Gasteiger partial charge in [0.05, 0.1) is 0 Å². The third-order valence-corrected chi connectivity index (χ3v) is 16.8. The van der Waals surface area contributed by atoms with Gasteiger partial charge in [-0.2, -0.15) is 0 Å². The van der Waals surface area contributed by atoms with Crippen molar-refractivity contribution in [2.75, 3.05) is 0 Å². The Bertz CT molecular complexity index is 1800. The van der Waals surface area contributed by atoms with Crippen LogP contribution in [0.25, 0.3) is 34.4 Å². The summed E-state index contributed by atoms with van der Waals surface area (Å²) in [6, 6.07) is 37.0. The van der Waals surface area contributed by atoms with Crippen LogP contribution in [-0.2, 0) is 0 Å². The zero-order valence-corrected chi connectivity index (χ0v) is 37.2. The fraction of sp³-hybridized carbons (Fsp3) is 0.500. The van der Waals surface area contributed by atoms with Crippen molar-refractivity contribution in [2.24, 2.45) is 0 Å². The van der Waals surface area contributed by atoms with Crippen molar-refractivity contribution in [3.05, 3.63) is 129 Å². The normalized spacial score (nSPS) is 19.9. The highest BCUT2D eigenvalue weighted by molar-refractivity contribution is 6.36. The molecule has 4 aliphatic rings. The summed E-state index contributed by atoms with van der Waals surface area (Å²) in [5.41, 5.74) is 18.7. The topological polar surface area (TPSA) is 0 Å². The van der Waals surface area contributed by atoms with Crippen LogP contribution in [0.1, 0.15) is 199 Å². The molecule has 0 bridgehead atoms. The highest BCUT2D eigenvalue weighted by Gasteiger charge is 2.30. The molecular weight excluding hydrogens is 701 g/mol. The maximum Gasteiger partial charge on any atom is 0.0218 e. The van der Waals surface area contributed by atoms with E-state index in [0.29, 0.717) is 11.8 Å². The predicted molar refractivity (Wildman–Crippen MR) is 253 cm³/mol. The van der Waals surface area contributed by atoms with E-state index in [1.165, 1.54) is 174 Å². The molecule has 57 heavy (non-hydrogen) atoms. The van der Waals surface area contributed by atoms with E-state index in [1.54, 1.807) is 33.4 Å². The standard InChI is InChI=1S/C56H72Si/c1-3-5-7-11-23-47-37-53-49(45-33-29-43(30-34-45)41-19-13-9-14-20-41)25-17-27-51(53)55(47)39-57-40-56-48(24-12-8-6-4-2)38-54-50(26-18-28-52(54)56)46-35-31-44(32-36-46)42-21-15-10-16-22-42/h17-18,25-38,41-42,55-56H,3-16,19-24,39-40,57H2,1-2H3. The smallest absolute Gasteiger partial charge is 0.0218 e. The zero-order valence-electron chi connectivity index (χ0n) is 35.8. The summed E-state index contributed by atoms with van der Waals surface area (Å²) in [4.78, 5) is 0. The van der Waals surface area contributed by atoms with Gasteiger partial charge in [-0.1, -0.05) is 211 Å². The third kappa shape index (κ3) is 9.57. The van der Waals surface area contributed by atoms with Crippen molar-refractivity contribution in [1.29, 1.82) is 0 Å². The highest BCUT2D eigenvalue weighted by Crippen LogP contribution is 2.48. The number of hydrogen-bond donors (Lipinski definition) is 0. The number of rotatable bonds is 18. The lowest BCUT2D eigenvalue weighted by Crippen LogP contribution is -2.08. The van der Waals surface area contributed by atoms with E-state index in [9.17, 15) is 0 Å². The second kappa shape index (κ2) is 20.0. The van der Waals surface area contributed by atoms with E-state index in [0.717, 1.165) is 11.8 Å². The number of benzene rings is 4. The van der Waals surface area contributed by atoms with Crippen LogP contribution in [0.3, 0.4) is 0 Å². The Morgan fingerprint density at radius 3 is 1.28 bits per heavy atom. The van der Waals surface area contributed by atoms with E-state index in [-0.39, 0.29) is 9.52 Å². The summed E-state index contributed by atoms with van der Waals surface area (Å²) >= 11 is 0. The van der Waals surface area contributed by atoms with Gasteiger partial charge >= 0.3 is 0 Å². The van der Waals surface area contributed by atoms with Crippen LogP contribution in [0.4, 0.5) is 0 Å². The average Bonchev–Trinajstić information content (AvgIpc) is 3.82. The van der Waals surface area contributed by atoms with Crippen molar-refractivity contribution < 1.29 is 0 Å². The van der Waals surface area contributed by atoms with Crippen LogP contribution >= 0.6 is 0 Å². The first-order chi connectivity index (χ1) is 28.2. The third-order valence-electron chi connectivity index (χ3n) is 14.8. The van der Waals surface area contributed by atoms with Gasteiger partial charge in [0.25, 0.3) is 0 Å². The van der Waals surface area contributed by atoms with Crippen LogP contribution in [0.15, 0.2) is 96.1 Å². The molecule has 2 atom stereocenters. The summed E-state index contributed by atoms with van der Waals surface area (Å²) in [6.07, 6.45) is 32.5. The molecule has 0 heterocycles. The van der Waals surface area contributed by atoms with Crippen LogP contribution in [0.5, 0.6) is 0 Å². The van der Waals surface area contributed by atoms with Gasteiger partial charge in [-0.25, -0.2) is 0 Å². The molecule has 0 spiro atoms. The highest BCUT2D eigenvalue weighted by atomic mass is 28.2. The molecule has 0 saturated heterocycles. The van der Waals surface area contributed by atoms with Crippen molar-refractivity contribution >= 4 is 21.7 Å². The lowest BCUT2D eigenvalue weighted by atomic mass is 9.83. The molecule has 300 valence electrons. The molecule has 4 aromatic carbocycles. The average molecular weight is 773 g/mol. The Morgan fingerprint density at radius 2 is 0.877 bits per heavy atom. The van der Waals surface area contributed by atoms with Crippen LogP contribution < -0.4 is 0 Å². The van der Waals surface area contributed by atoms with Crippen LogP contribution in [0.2, 0.25) is 12.1 Å². The lowest BCUT2D eigenvalue weighted by Gasteiger charge is -2.22. The molecule has 2 fully saturated rings. The first-order valence-electron chi connectivity index (χ1n) is 24.1. The molecule has 0 amide bonds. The zero-order chi connectivity index (χ0) is 38.8. The molecular formula is C56H72Si. The minimum atomic E-state index is -0.322. The van der Waals surface area contributed by atoms with Gasteiger partial charge < -0.3 is 0 Å². The van der Waals surface area contributed by atoms with Crippen molar-refractivity contribution in [3.8, 4) is 22.3 Å². The number of hydrogen-bond acceptors (Lipinski definition) is 0. The summed E-state index contributed by atoms with van der Waals surface area (Å²) in [6.45, 7) is 4.69. The number of unbranched alkanes of at least 4 members (excludes halogenated alkanes) is 6. The fourth-order valence-corrected chi connectivity index (χ4v) is 13.9. The van der Waals surface area contributed by atoms with E-state index in [2.05, 4.69) is 111 Å². The van der Waals surface area contributed by atoms with Gasteiger partial charge in [0.1, 0.15) is 0 Å². The second-order valence-electron chi connectivity index (χ2n) is 18.6. The van der Waals surface area contributed by atoms with E-state index < -0.39 is 0 Å². The maximum absolute atomic E-state index is 2.67. The molecule has 0 aliphatic heterocycles. The quantitative estimate of drug-likeness (QED) is 0.0698. The van der Waals surface area contributed by atoms with E-state index >= 15 is 0 Å². The Labute approximate surface area is 349 Å². The largest absolute Gasteiger partial charge is 0.0654 e. The number of allylic oxidation sites excluding steroid dienone is 2. The summed E-state index contributed by atoms with van der Waals surface area (Å²) in [7, 11) is -0.322. The van der Waals surface area contributed by atoms with E-state index in [1.807, 2.05) is 0 Å². The van der Waals surface area contributed by atoms with Gasteiger partial charge in [0.2, 0.25) is 0 Å². The number of fused-ring (bicyclic) bond motifs is 2. The van der Waals surface area contributed by atoms with Crippen molar-refractivity contribution in [3.63, 3.8) is 0 Å². The lowest BCUT2D eigenvalue weighted by molar-refractivity contribution is 0.443. The van der Waals surface area contributed by atoms with Crippen LogP contribution in [-0.4, -0.2) is 9.52 Å². The molecule has 8 rings (SSSR count). The summed E-state index contributed by atoms with van der Waals surface area (Å²) in [5, 5.41) is 0. The predicted octanol–water partition coefficient (Wildman–Crippen LogP) is 16.7. The second-order valence-corrected chi connectivity index (χ2v) is 20.5. The first-order valence-corrected chi connectivity index (χ1v) is 26.1. The SMILES string of the molecule is CCCCCCC1=Cc2c(-c3ccc(C4CCCCC4)cc3)cccc2C1C[SiH2]CC1C(CCCCCC)=Cc2c(-c3ccc(C4CCCCC4)cc3)cccc21. The van der Waals surface area contributed by atoms with Gasteiger partial charge in [0.15, 0.2) is 0 Å². The molecule has 0 radical (unpaired) electrons. The van der Waals surface area contributed by atoms with Gasteiger partial charge in [0, 0.05) is 21.4 Å². The van der Waals surface area contributed by atoms with Crippen molar-refractivity contribution in [1.82, 2.24) is 0 Å². The molecule has 0 nitrogen and oxygen atoms in total. The molecule has 0 N–H and O–H groups in total. The monoisotopic (exact) mass is 773 g/mol. The van der Waals surface area contributed by atoms with Gasteiger partial charge in [-0.05, 0) is 119 Å². The summed E-state index contributed by atoms with van der Waals surface area (Å²) < 4.78 is 0. The Kier molecular flexibility index (Phi) is 14.2. The van der Waals surface area contributed by atoms with E-state index in [4.69, 9.17) is 0 Å². The molecule has 4 aliphatic carbocycles. The molecule has 1 heteroatoms. The minimum absolute atomic E-state index is 0.322. The Balaban J connectivity index is 1.02. The Hall–Kier alpha value is -3.42. The molecule has 4 aromatic rings. The molecule has 2 unspecified atom stereocenters. The summed E-state index contributed by atoms with van der Waals surface area (Å²) in [5.74, 6) is 2.75. The first kappa shape index (κ1) is 40.4. The van der Waals surface area contributed by atoms with Crippen molar-refractivity contribution in [2.45, 2.75) is 178 Å². The Morgan fingerprint density at radius 1 is 0.456 bits per heavy atom. The molecule has 2 saturated carbocycles. The molecule has 0 aromatic heterocycles. The maximum atomic E-state index is 2.67. The fourth-order valence-electron chi connectivity index (χ4n) is 11.5. The minimum Gasteiger partial charge on any atom is -0.0654 e. The van der Waals surface area contributed by atoms with Gasteiger partial charge in [-0.3, -0.25) is 0 Å². The van der Waals surface area contributed by atoms with Gasteiger partial charge in [-0.15, -0.1) is 0 Å². The van der Waals surface area contributed by atoms with Crippen LogP contribution in [0, 0.1) is 0 Å².